The summed E-state index contributed by atoms with van der Waals surface area (Å²) in [5.74, 6) is -0.160. The number of carbonyl (C=O) groups is 1. The molecule has 1 fully saturated rings. The zero-order valence-corrected chi connectivity index (χ0v) is 16.1. The smallest absolute Gasteiger partial charge is 0.405 e. The molecule has 1 aromatic heterocycles. The van der Waals surface area contributed by atoms with Gasteiger partial charge >= 0.3 is 6.18 Å². The number of hydrogen-bond acceptors (Lipinski definition) is 5. The third-order valence-corrected chi connectivity index (χ3v) is 4.46. The van der Waals surface area contributed by atoms with Gasteiger partial charge in [0.1, 0.15) is 11.8 Å². The molecule has 1 aliphatic rings. The van der Waals surface area contributed by atoms with E-state index in [1.807, 2.05) is 6.07 Å². The number of halogens is 4. The highest BCUT2D eigenvalue weighted by atomic mass is 35.5. The van der Waals surface area contributed by atoms with Crippen molar-refractivity contribution in [1.82, 2.24) is 20.5 Å². The van der Waals surface area contributed by atoms with E-state index in [1.54, 1.807) is 31.2 Å². The van der Waals surface area contributed by atoms with E-state index in [9.17, 15) is 18.0 Å². The molecule has 2 heterocycles. The molecule has 1 saturated heterocycles. The number of alkyl halides is 3. The van der Waals surface area contributed by atoms with E-state index >= 15 is 0 Å². The molecule has 0 aliphatic carbocycles. The van der Waals surface area contributed by atoms with Crippen LogP contribution in [0.1, 0.15) is 16.2 Å². The van der Waals surface area contributed by atoms with E-state index in [0.29, 0.717) is 18.7 Å². The normalized spacial score (nSPS) is 16.3. The summed E-state index contributed by atoms with van der Waals surface area (Å²) in [5.41, 5.74) is 0.684. The minimum absolute atomic E-state index is 0. The van der Waals surface area contributed by atoms with E-state index in [-0.39, 0.29) is 42.8 Å². The third kappa shape index (κ3) is 5.24. The van der Waals surface area contributed by atoms with Crippen molar-refractivity contribution in [1.29, 1.82) is 0 Å². The first-order chi connectivity index (χ1) is 12.9. The lowest BCUT2D eigenvalue weighted by atomic mass is 10.2. The van der Waals surface area contributed by atoms with Gasteiger partial charge in [-0.15, -0.1) is 12.4 Å². The van der Waals surface area contributed by atoms with Gasteiger partial charge in [0.05, 0.1) is 0 Å². The Morgan fingerprint density at radius 2 is 1.93 bits per heavy atom. The third-order valence-electron chi connectivity index (χ3n) is 4.46. The van der Waals surface area contributed by atoms with Gasteiger partial charge in [0.15, 0.2) is 5.69 Å². The Balaban J connectivity index is 0.00000280. The number of piperazine rings is 1. The number of hydrogen-bond donors (Lipinski definition) is 2. The zero-order chi connectivity index (χ0) is 19.4. The SMILES string of the molecule is Cc1oc(-c2ccccc2)nc1C(=O)NCC(N1CCNCC1)C(F)(F)F.Cl. The molecule has 3 rings (SSSR count). The molecule has 154 valence electrons. The van der Waals surface area contributed by atoms with E-state index < -0.39 is 24.7 Å². The van der Waals surface area contributed by atoms with Crippen LogP contribution < -0.4 is 10.6 Å². The van der Waals surface area contributed by atoms with Gasteiger partial charge in [0.25, 0.3) is 5.91 Å². The molecular weight excluding hydrogens is 397 g/mol. The standard InChI is InChI=1S/C18H21F3N4O2.ClH/c1-12-15(24-17(27-12)13-5-3-2-4-6-13)16(26)23-11-14(18(19,20)21)25-9-7-22-8-10-25;/h2-6,14,22H,7-11H2,1H3,(H,23,26);1H. The molecule has 1 atom stereocenters. The van der Waals surface area contributed by atoms with Crippen molar-refractivity contribution in [3.63, 3.8) is 0 Å². The molecule has 10 heteroatoms. The van der Waals surface area contributed by atoms with Gasteiger partial charge in [0.2, 0.25) is 5.89 Å². The van der Waals surface area contributed by atoms with Crippen LogP contribution in [0.4, 0.5) is 13.2 Å². The number of nitrogens with zero attached hydrogens (tertiary/aromatic N) is 2. The van der Waals surface area contributed by atoms with Crippen LogP contribution in [0.3, 0.4) is 0 Å². The molecule has 1 unspecified atom stereocenters. The Morgan fingerprint density at radius 3 is 2.54 bits per heavy atom. The van der Waals surface area contributed by atoms with Gasteiger partial charge in [-0.25, -0.2) is 4.98 Å². The van der Waals surface area contributed by atoms with Crippen LogP contribution >= 0.6 is 12.4 Å². The van der Waals surface area contributed by atoms with Gasteiger partial charge in [0, 0.05) is 38.3 Å². The van der Waals surface area contributed by atoms with Crippen LogP contribution in [-0.4, -0.2) is 60.7 Å². The largest absolute Gasteiger partial charge is 0.441 e. The minimum Gasteiger partial charge on any atom is -0.441 e. The Labute approximate surface area is 166 Å². The van der Waals surface area contributed by atoms with E-state index in [2.05, 4.69) is 15.6 Å². The number of oxazole rings is 1. The van der Waals surface area contributed by atoms with E-state index in [1.165, 1.54) is 4.90 Å². The first-order valence-corrected chi connectivity index (χ1v) is 8.69. The molecule has 1 aliphatic heterocycles. The number of nitrogens with one attached hydrogen (secondary N) is 2. The first kappa shape index (κ1) is 22.2. The summed E-state index contributed by atoms with van der Waals surface area (Å²) in [7, 11) is 0. The number of aryl methyl sites for hydroxylation is 1. The molecule has 0 spiro atoms. The molecule has 1 amide bonds. The number of aromatic nitrogens is 1. The van der Waals surface area contributed by atoms with Crippen LogP contribution in [0.25, 0.3) is 11.5 Å². The Kier molecular flexibility index (Phi) is 7.45. The molecule has 0 bridgehead atoms. The predicted octanol–water partition coefficient (Wildman–Crippen LogP) is 2.64. The first-order valence-electron chi connectivity index (χ1n) is 8.69. The maximum atomic E-state index is 13.4. The predicted molar refractivity (Wildman–Crippen MR) is 101 cm³/mol. The van der Waals surface area contributed by atoms with Gasteiger partial charge in [-0.1, -0.05) is 18.2 Å². The van der Waals surface area contributed by atoms with Gasteiger partial charge in [-0.2, -0.15) is 13.2 Å². The molecule has 0 radical (unpaired) electrons. The second-order valence-electron chi connectivity index (χ2n) is 6.34. The van der Waals surface area contributed by atoms with Crippen LogP contribution in [0.5, 0.6) is 0 Å². The summed E-state index contributed by atoms with van der Waals surface area (Å²) >= 11 is 0. The summed E-state index contributed by atoms with van der Waals surface area (Å²) in [5, 5.41) is 5.38. The highest BCUT2D eigenvalue weighted by Crippen LogP contribution is 2.25. The lowest BCUT2D eigenvalue weighted by Crippen LogP contribution is -2.57. The maximum absolute atomic E-state index is 13.4. The van der Waals surface area contributed by atoms with Crippen LogP contribution in [0, 0.1) is 6.92 Å². The van der Waals surface area contributed by atoms with Crippen LogP contribution in [0.15, 0.2) is 34.7 Å². The van der Waals surface area contributed by atoms with Crippen molar-refractivity contribution < 1.29 is 22.4 Å². The summed E-state index contributed by atoms with van der Waals surface area (Å²) in [6.45, 7) is 2.57. The number of amides is 1. The molecule has 2 aromatic rings. The summed E-state index contributed by atoms with van der Waals surface area (Å²) in [4.78, 5) is 17.9. The lowest BCUT2D eigenvalue weighted by molar-refractivity contribution is -0.183. The number of benzene rings is 1. The Morgan fingerprint density at radius 1 is 1.29 bits per heavy atom. The average Bonchev–Trinajstić information content (AvgIpc) is 3.04. The summed E-state index contributed by atoms with van der Waals surface area (Å²) < 4.78 is 45.7. The second kappa shape index (κ2) is 9.40. The van der Waals surface area contributed by atoms with E-state index in [4.69, 9.17) is 4.42 Å². The van der Waals surface area contributed by atoms with Crippen LogP contribution in [-0.2, 0) is 0 Å². The average molecular weight is 419 g/mol. The maximum Gasteiger partial charge on any atom is 0.405 e. The zero-order valence-electron chi connectivity index (χ0n) is 15.3. The van der Waals surface area contributed by atoms with Crippen molar-refractivity contribution >= 4 is 18.3 Å². The molecular formula is C18H22ClF3N4O2. The molecule has 1 aromatic carbocycles. The monoisotopic (exact) mass is 418 g/mol. The lowest BCUT2D eigenvalue weighted by Gasteiger charge is -2.35. The number of carbonyl (C=O) groups excluding carboxylic acids is 1. The fourth-order valence-corrected chi connectivity index (χ4v) is 3.03. The van der Waals surface area contributed by atoms with Gasteiger partial charge < -0.3 is 15.1 Å². The molecule has 28 heavy (non-hydrogen) atoms. The van der Waals surface area contributed by atoms with Crippen LogP contribution in [0.2, 0.25) is 0 Å². The summed E-state index contributed by atoms with van der Waals surface area (Å²) in [6, 6.07) is 7.25. The second-order valence-corrected chi connectivity index (χ2v) is 6.34. The topological polar surface area (TPSA) is 70.4 Å². The number of rotatable bonds is 5. The van der Waals surface area contributed by atoms with Crippen molar-refractivity contribution in [2.24, 2.45) is 0 Å². The fraction of sp³-hybridized carbons (Fsp3) is 0.444. The molecule has 0 saturated carbocycles. The Bertz CT molecular complexity index is 777. The van der Waals surface area contributed by atoms with Crippen molar-refractivity contribution in [3.05, 3.63) is 41.8 Å². The fourth-order valence-electron chi connectivity index (χ4n) is 3.03. The molecule has 6 nitrogen and oxygen atoms in total. The Hall–Kier alpha value is -2.10. The summed E-state index contributed by atoms with van der Waals surface area (Å²) in [6.07, 6.45) is -4.43. The molecule has 2 N–H and O–H groups in total. The van der Waals surface area contributed by atoms with Crippen molar-refractivity contribution in [2.75, 3.05) is 32.7 Å². The van der Waals surface area contributed by atoms with Gasteiger partial charge in [-0.05, 0) is 19.1 Å². The van der Waals surface area contributed by atoms with Crippen molar-refractivity contribution in [3.8, 4) is 11.5 Å². The highest BCUT2D eigenvalue weighted by Gasteiger charge is 2.44. The van der Waals surface area contributed by atoms with Crippen molar-refractivity contribution in [2.45, 2.75) is 19.1 Å². The minimum atomic E-state index is -4.43. The van der Waals surface area contributed by atoms with Gasteiger partial charge in [-0.3, -0.25) is 9.69 Å². The highest BCUT2D eigenvalue weighted by molar-refractivity contribution is 5.93. The quantitative estimate of drug-likeness (QED) is 0.781. The van der Waals surface area contributed by atoms with E-state index in [0.717, 1.165) is 0 Å².